The Morgan fingerprint density at radius 2 is 2.10 bits per heavy atom. The van der Waals surface area contributed by atoms with Gasteiger partial charge in [-0.2, -0.15) is 0 Å². The maximum absolute atomic E-state index is 6.07. The molecule has 1 aliphatic heterocycles. The zero-order valence-corrected chi connectivity index (χ0v) is 13.5. The fourth-order valence-corrected chi connectivity index (χ4v) is 3.33. The molecule has 0 bridgehead atoms. The minimum Gasteiger partial charge on any atom is -0.359 e. The Morgan fingerprint density at radius 1 is 1.33 bits per heavy atom. The van der Waals surface area contributed by atoms with Gasteiger partial charge in [-0.3, -0.25) is 4.90 Å². The second-order valence-corrected chi connectivity index (χ2v) is 6.46. The number of benzene rings is 1. The molecule has 1 aromatic rings. The SMILES string of the molecule is CC1CC(CCN)CCN(C(C)OCc2ccccc2)C1. The van der Waals surface area contributed by atoms with E-state index in [9.17, 15) is 0 Å². The quantitative estimate of drug-likeness (QED) is 0.874. The molecule has 3 nitrogen and oxygen atoms in total. The maximum atomic E-state index is 6.07. The molecule has 3 heteroatoms. The summed E-state index contributed by atoms with van der Waals surface area (Å²) in [6, 6.07) is 10.4. The number of rotatable bonds is 6. The van der Waals surface area contributed by atoms with Crippen LogP contribution in [0.5, 0.6) is 0 Å². The van der Waals surface area contributed by atoms with Crippen molar-refractivity contribution in [2.45, 2.75) is 45.9 Å². The molecule has 0 aliphatic carbocycles. The third-order valence-electron chi connectivity index (χ3n) is 4.53. The second kappa shape index (κ2) is 8.52. The second-order valence-electron chi connectivity index (χ2n) is 6.46. The molecule has 0 saturated carbocycles. The van der Waals surface area contributed by atoms with Gasteiger partial charge in [-0.25, -0.2) is 0 Å². The number of hydrogen-bond donors (Lipinski definition) is 1. The topological polar surface area (TPSA) is 38.5 Å². The van der Waals surface area contributed by atoms with Crippen molar-refractivity contribution in [3.05, 3.63) is 35.9 Å². The van der Waals surface area contributed by atoms with Crippen molar-refractivity contribution < 1.29 is 4.74 Å². The molecule has 2 rings (SSSR count). The fraction of sp³-hybridized carbons (Fsp3) is 0.667. The Kier molecular flexibility index (Phi) is 6.68. The zero-order valence-electron chi connectivity index (χ0n) is 13.5. The lowest BCUT2D eigenvalue weighted by Gasteiger charge is -2.29. The summed E-state index contributed by atoms with van der Waals surface area (Å²) >= 11 is 0. The number of likely N-dealkylation sites (tertiary alicyclic amines) is 1. The first-order chi connectivity index (χ1) is 10.2. The highest BCUT2D eigenvalue weighted by Crippen LogP contribution is 2.25. The van der Waals surface area contributed by atoms with Crippen molar-refractivity contribution in [1.29, 1.82) is 0 Å². The van der Waals surface area contributed by atoms with Gasteiger partial charge < -0.3 is 10.5 Å². The van der Waals surface area contributed by atoms with Gasteiger partial charge in [0.2, 0.25) is 0 Å². The molecular formula is C18H30N2O. The van der Waals surface area contributed by atoms with Gasteiger partial charge in [-0.05, 0) is 50.1 Å². The summed E-state index contributed by atoms with van der Waals surface area (Å²) in [6.07, 6.45) is 3.90. The molecule has 118 valence electrons. The van der Waals surface area contributed by atoms with Gasteiger partial charge in [0.05, 0.1) is 6.61 Å². The smallest absolute Gasteiger partial charge is 0.108 e. The molecule has 0 amide bonds. The van der Waals surface area contributed by atoms with Crippen LogP contribution in [0.2, 0.25) is 0 Å². The average molecular weight is 290 g/mol. The molecule has 1 aliphatic rings. The largest absolute Gasteiger partial charge is 0.359 e. The van der Waals surface area contributed by atoms with Gasteiger partial charge in [-0.15, -0.1) is 0 Å². The molecule has 21 heavy (non-hydrogen) atoms. The molecule has 0 spiro atoms. The van der Waals surface area contributed by atoms with Crippen LogP contribution in [0, 0.1) is 11.8 Å². The Labute approximate surface area is 129 Å². The van der Waals surface area contributed by atoms with Crippen molar-refractivity contribution in [3.8, 4) is 0 Å². The molecule has 1 fully saturated rings. The van der Waals surface area contributed by atoms with Crippen molar-refractivity contribution in [2.24, 2.45) is 17.6 Å². The molecule has 0 radical (unpaired) electrons. The van der Waals surface area contributed by atoms with Gasteiger partial charge in [0.1, 0.15) is 6.23 Å². The van der Waals surface area contributed by atoms with Gasteiger partial charge in [0.25, 0.3) is 0 Å². The highest BCUT2D eigenvalue weighted by molar-refractivity contribution is 5.13. The van der Waals surface area contributed by atoms with Crippen molar-refractivity contribution in [3.63, 3.8) is 0 Å². The van der Waals surface area contributed by atoms with Gasteiger partial charge in [0, 0.05) is 13.1 Å². The van der Waals surface area contributed by atoms with Crippen LogP contribution in [0.4, 0.5) is 0 Å². The maximum Gasteiger partial charge on any atom is 0.108 e. The molecule has 2 N–H and O–H groups in total. The normalized spacial score (nSPS) is 25.5. The lowest BCUT2D eigenvalue weighted by atomic mass is 9.92. The molecular weight excluding hydrogens is 260 g/mol. The molecule has 3 unspecified atom stereocenters. The van der Waals surface area contributed by atoms with Crippen LogP contribution >= 0.6 is 0 Å². The highest BCUT2D eigenvalue weighted by atomic mass is 16.5. The van der Waals surface area contributed by atoms with Crippen LogP contribution in [0.3, 0.4) is 0 Å². The van der Waals surface area contributed by atoms with Crippen LogP contribution in [0.15, 0.2) is 30.3 Å². The third kappa shape index (κ3) is 5.42. The summed E-state index contributed by atoms with van der Waals surface area (Å²) in [4.78, 5) is 2.49. The van der Waals surface area contributed by atoms with Crippen LogP contribution in [0.1, 0.15) is 38.7 Å². The fourth-order valence-electron chi connectivity index (χ4n) is 3.33. The Bertz CT molecular complexity index is 395. The van der Waals surface area contributed by atoms with E-state index < -0.39 is 0 Å². The zero-order chi connectivity index (χ0) is 15.1. The summed E-state index contributed by atoms with van der Waals surface area (Å²) in [5.41, 5.74) is 6.97. The lowest BCUT2D eigenvalue weighted by Crippen LogP contribution is -2.37. The monoisotopic (exact) mass is 290 g/mol. The predicted octanol–water partition coefficient (Wildman–Crippen LogP) is 3.25. The summed E-state index contributed by atoms with van der Waals surface area (Å²) < 4.78 is 6.07. The van der Waals surface area contributed by atoms with E-state index in [1.165, 1.54) is 18.4 Å². The van der Waals surface area contributed by atoms with E-state index in [1.807, 2.05) is 6.07 Å². The van der Waals surface area contributed by atoms with E-state index in [2.05, 4.69) is 43.0 Å². The molecule has 3 atom stereocenters. The first kappa shape index (κ1) is 16.5. The molecule has 1 heterocycles. The van der Waals surface area contributed by atoms with Crippen LogP contribution in [-0.4, -0.2) is 30.8 Å². The van der Waals surface area contributed by atoms with E-state index in [0.29, 0.717) is 6.61 Å². The third-order valence-corrected chi connectivity index (χ3v) is 4.53. The van der Waals surface area contributed by atoms with Gasteiger partial charge in [0.15, 0.2) is 0 Å². The first-order valence-corrected chi connectivity index (χ1v) is 8.28. The van der Waals surface area contributed by atoms with Crippen LogP contribution < -0.4 is 5.73 Å². The predicted molar refractivity (Wildman–Crippen MR) is 87.8 cm³/mol. The minimum absolute atomic E-state index is 0.185. The van der Waals surface area contributed by atoms with E-state index in [0.717, 1.165) is 37.9 Å². The molecule has 1 saturated heterocycles. The number of hydrogen-bond acceptors (Lipinski definition) is 3. The highest BCUT2D eigenvalue weighted by Gasteiger charge is 2.24. The minimum atomic E-state index is 0.185. The van der Waals surface area contributed by atoms with E-state index in [1.54, 1.807) is 0 Å². The summed E-state index contributed by atoms with van der Waals surface area (Å²) in [5.74, 6) is 1.52. The lowest BCUT2D eigenvalue weighted by molar-refractivity contribution is -0.0592. The number of ether oxygens (including phenoxy) is 1. The van der Waals surface area contributed by atoms with Crippen LogP contribution in [-0.2, 0) is 11.3 Å². The summed E-state index contributed by atoms with van der Waals surface area (Å²) in [6.45, 7) is 8.31. The number of nitrogens with zero attached hydrogens (tertiary/aromatic N) is 1. The number of nitrogens with two attached hydrogens (primary N) is 1. The van der Waals surface area contributed by atoms with E-state index >= 15 is 0 Å². The average Bonchev–Trinajstić information content (AvgIpc) is 2.68. The van der Waals surface area contributed by atoms with Crippen molar-refractivity contribution in [1.82, 2.24) is 4.90 Å². The Balaban J connectivity index is 1.82. The Hall–Kier alpha value is -0.900. The summed E-state index contributed by atoms with van der Waals surface area (Å²) in [5, 5.41) is 0. The molecule has 1 aromatic carbocycles. The Morgan fingerprint density at radius 3 is 2.81 bits per heavy atom. The van der Waals surface area contributed by atoms with E-state index in [4.69, 9.17) is 10.5 Å². The van der Waals surface area contributed by atoms with Gasteiger partial charge >= 0.3 is 0 Å². The summed E-state index contributed by atoms with van der Waals surface area (Å²) in [7, 11) is 0. The standard InChI is InChI=1S/C18H30N2O/c1-15-12-17(8-10-19)9-11-20(13-15)16(2)21-14-18-6-4-3-5-7-18/h3-7,15-17H,8-14,19H2,1-2H3. The van der Waals surface area contributed by atoms with E-state index in [-0.39, 0.29) is 6.23 Å². The van der Waals surface area contributed by atoms with Crippen molar-refractivity contribution in [2.75, 3.05) is 19.6 Å². The molecule has 0 aromatic heterocycles. The first-order valence-electron chi connectivity index (χ1n) is 8.28. The van der Waals surface area contributed by atoms with Gasteiger partial charge in [-0.1, -0.05) is 37.3 Å². The van der Waals surface area contributed by atoms with Crippen molar-refractivity contribution >= 4 is 0 Å². The van der Waals surface area contributed by atoms with Crippen LogP contribution in [0.25, 0.3) is 0 Å².